The second kappa shape index (κ2) is 4.70. The van der Waals surface area contributed by atoms with E-state index in [-0.39, 0.29) is 5.69 Å². The number of aryl methyl sites for hydroxylation is 1. The zero-order valence-electron chi connectivity index (χ0n) is 9.06. The first-order chi connectivity index (χ1) is 7.70. The summed E-state index contributed by atoms with van der Waals surface area (Å²) in [6.07, 6.45) is 3.65. The molecule has 0 aliphatic carbocycles. The van der Waals surface area contributed by atoms with Crippen LogP contribution in [0, 0.1) is 0 Å². The Balaban J connectivity index is 2.27. The van der Waals surface area contributed by atoms with Gasteiger partial charge in [-0.15, -0.1) is 0 Å². The van der Waals surface area contributed by atoms with Gasteiger partial charge in [-0.2, -0.15) is 0 Å². The molecule has 4 heteroatoms. The highest BCUT2D eigenvalue weighted by molar-refractivity contribution is 9.10. The van der Waals surface area contributed by atoms with Gasteiger partial charge in [-0.25, -0.2) is 4.79 Å². The van der Waals surface area contributed by atoms with Gasteiger partial charge in [0.1, 0.15) is 0 Å². The van der Waals surface area contributed by atoms with E-state index in [9.17, 15) is 4.79 Å². The van der Waals surface area contributed by atoms with Crippen LogP contribution in [0.2, 0.25) is 0 Å². The summed E-state index contributed by atoms with van der Waals surface area (Å²) in [5.74, 6) is 0. The van der Waals surface area contributed by atoms with Crippen molar-refractivity contribution in [1.82, 2.24) is 9.13 Å². The third-order valence-electron chi connectivity index (χ3n) is 2.50. The second-order valence-corrected chi connectivity index (χ2v) is 4.54. The van der Waals surface area contributed by atoms with Crippen LogP contribution in [0.4, 0.5) is 0 Å². The highest BCUT2D eigenvalue weighted by Gasteiger charge is 2.02. The Hall–Kier alpha value is -1.29. The highest BCUT2D eigenvalue weighted by atomic mass is 79.9. The molecule has 1 aromatic carbocycles. The van der Waals surface area contributed by atoms with E-state index < -0.39 is 0 Å². The second-order valence-electron chi connectivity index (χ2n) is 3.62. The van der Waals surface area contributed by atoms with E-state index in [0.717, 1.165) is 10.0 Å². The zero-order chi connectivity index (χ0) is 11.5. The molecule has 0 amide bonds. The average molecular weight is 281 g/mol. The molecule has 0 aliphatic rings. The average Bonchev–Trinajstić information content (AvgIpc) is 2.60. The van der Waals surface area contributed by atoms with Crippen LogP contribution in [0.25, 0.3) is 0 Å². The summed E-state index contributed by atoms with van der Waals surface area (Å²) >= 11 is 3.42. The molecule has 0 aliphatic heterocycles. The molecule has 0 spiro atoms. The Morgan fingerprint density at radius 1 is 1.25 bits per heavy atom. The molecule has 0 saturated heterocycles. The Kier molecular flexibility index (Phi) is 3.29. The number of hydrogen-bond donors (Lipinski definition) is 0. The van der Waals surface area contributed by atoms with E-state index in [1.54, 1.807) is 9.13 Å². The molecular weight excluding hydrogens is 268 g/mol. The maximum atomic E-state index is 11.8. The van der Waals surface area contributed by atoms with Crippen LogP contribution in [-0.2, 0) is 13.1 Å². The van der Waals surface area contributed by atoms with Crippen molar-refractivity contribution in [2.45, 2.75) is 20.0 Å². The van der Waals surface area contributed by atoms with Gasteiger partial charge in [0, 0.05) is 23.4 Å². The van der Waals surface area contributed by atoms with Crippen molar-refractivity contribution in [1.29, 1.82) is 0 Å². The first-order valence-electron chi connectivity index (χ1n) is 5.20. The third-order valence-corrected chi connectivity index (χ3v) is 2.99. The molecule has 0 atom stereocenters. The Bertz CT molecular complexity index is 542. The van der Waals surface area contributed by atoms with Crippen LogP contribution in [0.5, 0.6) is 0 Å². The zero-order valence-corrected chi connectivity index (χ0v) is 10.6. The van der Waals surface area contributed by atoms with Crippen molar-refractivity contribution in [3.63, 3.8) is 0 Å². The van der Waals surface area contributed by atoms with Crippen LogP contribution in [-0.4, -0.2) is 9.13 Å². The lowest BCUT2D eigenvalue weighted by molar-refractivity contribution is 0.668. The molecule has 1 heterocycles. The van der Waals surface area contributed by atoms with Gasteiger partial charge in [-0.05, 0) is 24.6 Å². The standard InChI is InChI=1S/C12H13BrN2O/c1-2-14-6-7-15(12(14)16)9-10-4-3-5-11(13)8-10/h3-8H,2,9H2,1H3. The van der Waals surface area contributed by atoms with Crippen molar-refractivity contribution in [2.24, 2.45) is 0 Å². The highest BCUT2D eigenvalue weighted by Crippen LogP contribution is 2.12. The summed E-state index contributed by atoms with van der Waals surface area (Å²) in [4.78, 5) is 11.8. The van der Waals surface area contributed by atoms with E-state index in [1.807, 2.05) is 43.6 Å². The first kappa shape index (κ1) is 11.2. The third kappa shape index (κ3) is 2.27. The number of halogens is 1. The smallest absolute Gasteiger partial charge is 0.300 e. The maximum Gasteiger partial charge on any atom is 0.328 e. The monoisotopic (exact) mass is 280 g/mol. The quantitative estimate of drug-likeness (QED) is 0.849. The molecular formula is C12H13BrN2O. The molecule has 16 heavy (non-hydrogen) atoms. The molecule has 1 aromatic heterocycles. The van der Waals surface area contributed by atoms with Crippen LogP contribution in [0.1, 0.15) is 12.5 Å². The number of benzene rings is 1. The van der Waals surface area contributed by atoms with Crippen LogP contribution in [0.3, 0.4) is 0 Å². The summed E-state index contributed by atoms with van der Waals surface area (Å²) in [5.41, 5.74) is 1.16. The van der Waals surface area contributed by atoms with Gasteiger partial charge in [0.15, 0.2) is 0 Å². The van der Waals surface area contributed by atoms with Crippen LogP contribution < -0.4 is 5.69 Å². The minimum absolute atomic E-state index is 0.0440. The Morgan fingerprint density at radius 3 is 2.62 bits per heavy atom. The summed E-state index contributed by atoms with van der Waals surface area (Å²) in [5, 5.41) is 0. The first-order valence-corrected chi connectivity index (χ1v) is 6.00. The van der Waals surface area contributed by atoms with Gasteiger partial charge in [-0.1, -0.05) is 28.1 Å². The summed E-state index contributed by atoms with van der Waals surface area (Å²) < 4.78 is 4.44. The van der Waals surface area contributed by atoms with Crippen molar-refractivity contribution >= 4 is 15.9 Å². The van der Waals surface area contributed by atoms with E-state index in [0.29, 0.717) is 13.1 Å². The van der Waals surface area contributed by atoms with Crippen molar-refractivity contribution in [2.75, 3.05) is 0 Å². The van der Waals surface area contributed by atoms with Gasteiger partial charge >= 0.3 is 5.69 Å². The van der Waals surface area contributed by atoms with E-state index in [4.69, 9.17) is 0 Å². The van der Waals surface area contributed by atoms with Crippen LogP contribution in [0.15, 0.2) is 45.9 Å². The lowest BCUT2D eigenvalue weighted by atomic mass is 10.2. The number of nitrogens with zero attached hydrogens (tertiary/aromatic N) is 2. The van der Waals surface area contributed by atoms with Gasteiger partial charge < -0.3 is 0 Å². The summed E-state index contributed by atoms with van der Waals surface area (Å²) in [7, 11) is 0. The normalized spacial score (nSPS) is 10.6. The molecule has 84 valence electrons. The topological polar surface area (TPSA) is 26.9 Å². The lowest BCUT2D eigenvalue weighted by Crippen LogP contribution is -2.23. The molecule has 0 bridgehead atoms. The fourth-order valence-corrected chi connectivity index (χ4v) is 2.09. The van der Waals surface area contributed by atoms with Gasteiger partial charge in [-0.3, -0.25) is 9.13 Å². The van der Waals surface area contributed by atoms with Crippen molar-refractivity contribution in [3.05, 3.63) is 57.2 Å². The largest absolute Gasteiger partial charge is 0.328 e. The molecule has 0 N–H and O–H groups in total. The molecule has 0 saturated carbocycles. The fraction of sp³-hybridized carbons (Fsp3) is 0.250. The number of hydrogen-bond acceptors (Lipinski definition) is 1. The van der Waals surface area contributed by atoms with Gasteiger partial charge in [0.25, 0.3) is 0 Å². The van der Waals surface area contributed by atoms with Gasteiger partial charge in [0.2, 0.25) is 0 Å². The Labute approximate surface area is 102 Å². The Morgan fingerprint density at radius 2 is 2.00 bits per heavy atom. The lowest BCUT2D eigenvalue weighted by Gasteiger charge is -2.02. The van der Waals surface area contributed by atoms with Gasteiger partial charge in [0.05, 0.1) is 6.54 Å². The van der Waals surface area contributed by atoms with Crippen LogP contribution >= 0.6 is 15.9 Å². The SMILES string of the molecule is CCn1ccn(Cc2cccc(Br)c2)c1=O. The summed E-state index contributed by atoms with van der Waals surface area (Å²) in [6.45, 7) is 3.29. The molecule has 0 radical (unpaired) electrons. The minimum atomic E-state index is 0.0440. The minimum Gasteiger partial charge on any atom is -0.300 e. The predicted molar refractivity (Wildman–Crippen MR) is 67.6 cm³/mol. The number of rotatable bonds is 3. The molecule has 2 rings (SSSR count). The summed E-state index contributed by atoms with van der Waals surface area (Å²) in [6, 6.07) is 7.99. The van der Waals surface area contributed by atoms with Crippen molar-refractivity contribution < 1.29 is 0 Å². The van der Waals surface area contributed by atoms with E-state index in [2.05, 4.69) is 15.9 Å². The maximum absolute atomic E-state index is 11.8. The number of aromatic nitrogens is 2. The fourth-order valence-electron chi connectivity index (χ4n) is 1.65. The molecule has 2 aromatic rings. The van der Waals surface area contributed by atoms with E-state index >= 15 is 0 Å². The molecule has 0 fully saturated rings. The van der Waals surface area contributed by atoms with E-state index in [1.165, 1.54) is 0 Å². The van der Waals surface area contributed by atoms with Crippen molar-refractivity contribution in [3.8, 4) is 0 Å². The molecule has 3 nitrogen and oxygen atoms in total. The predicted octanol–water partition coefficient (Wildman–Crippen LogP) is 2.48. The molecule has 0 unspecified atom stereocenters. The number of imidazole rings is 1.